The Morgan fingerprint density at radius 2 is 1.74 bits per heavy atom. The van der Waals surface area contributed by atoms with Crippen molar-refractivity contribution in [1.29, 1.82) is 0 Å². The van der Waals surface area contributed by atoms with Gasteiger partial charge >= 0.3 is 6.18 Å². The van der Waals surface area contributed by atoms with Crippen molar-refractivity contribution in [3.05, 3.63) is 41.5 Å². The maximum atomic E-state index is 13.1. The summed E-state index contributed by atoms with van der Waals surface area (Å²) >= 11 is -1.33. The van der Waals surface area contributed by atoms with E-state index in [0.29, 0.717) is 16.7 Å². The fraction of sp³-hybridized carbons (Fsp3) is 0.529. The standard InChI is InChI=1S/C17H24F3NOS/c1-11(2)13-8-14(10-15(9-13)17(18,19)20)12(3)21(7)23(22)16(4,5)6/h8-10,12H,1H2,2-7H3/t12-,23+/m1/s1. The molecule has 0 N–H and O–H groups in total. The molecule has 0 saturated carbocycles. The van der Waals surface area contributed by atoms with Crippen molar-refractivity contribution in [2.45, 2.75) is 51.6 Å². The minimum atomic E-state index is -4.43. The number of nitrogens with zero attached hydrogens (tertiary/aromatic N) is 1. The monoisotopic (exact) mass is 347 g/mol. The Hall–Kier alpha value is -0.980. The van der Waals surface area contributed by atoms with E-state index in [1.165, 1.54) is 0 Å². The molecular weight excluding hydrogens is 323 g/mol. The van der Waals surface area contributed by atoms with Gasteiger partial charge in [0.15, 0.2) is 0 Å². The molecule has 2 atom stereocenters. The van der Waals surface area contributed by atoms with Crippen molar-refractivity contribution >= 4 is 16.9 Å². The van der Waals surface area contributed by atoms with Crippen LogP contribution in [0.5, 0.6) is 0 Å². The normalized spacial score (nSPS) is 15.6. The molecule has 0 saturated heterocycles. The second kappa shape index (κ2) is 6.87. The molecule has 0 aliphatic rings. The van der Waals surface area contributed by atoms with Crippen LogP contribution >= 0.6 is 0 Å². The molecule has 0 aliphatic carbocycles. The fourth-order valence-electron chi connectivity index (χ4n) is 2.09. The lowest BCUT2D eigenvalue weighted by Crippen LogP contribution is -2.41. The third-order valence-corrected chi connectivity index (χ3v) is 5.48. The van der Waals surface area contributed by atoms with Crippen molar-refractivity contribution in [2.75, 3.05) is 7.05 Å². The van der Waals surface area contributed by atoms with Gasteiger partial charge in [-0.1, -0.05) is 12.2 Å². The van der Waals surface area contributed by atoms with Gasteiger partial charge in [-0.25, -0.2) is 0 Å². The Morgan fingerprint density at radius 1 is 1.22 bits per heavy atom. The van der Waals surface area contributed by atoms with Crippen LogP contribution < -0.4 is 0 Å². The maximum Gasteiger partial charge on any atom is 0.416 e. The van der Waals surface area contributed by atoms with E-state index < -0.39 is 33.9 Å². The Labute approximate surface area is 139 Å². The van der Waals surface area contributed by atoms with E-state index in [1.807, 2.05) is 20.8 Å². The summed E-state index contributed by atoms with van der Waals surface area (Å²) in [4.78, 5) is 0. The first-order chi connectivity index (χ1) is 10.2. The molecule has 0 radical (unpaired) electrons. The van der Waals surface area contributed by atoms with Gasteiger partial charge in [-0.3, -0.25) is 0 Å². The van der Waals surface area contributed by atoms with Gasteiger partial charge in [0.1, 0.15) is 4.75 Å². The van der Waals surface area contributed by atoms with Gasteiger partial charge in [-0.2, -0.15) is 13.2 Å². The average molecular weight is 347 g/mol. The Bertz CT molecular complexity index is 578. The lowest BCUT2D eigenvalue weighted by molar-refractivity contribution is -0.137. The van der Waals surface area contributed by atoms with Crippen molar-refractivity contribution in [3.63, 3.8) is 0 Å². The van der Waals surface area contributed by atoms with Crippen LogP contribution in [0.25, 0.3) is 5.57 Å². The molecule has 1 aromatic carbocycles. The molecule has 0 amide bonds. The molecule has 0 unspecified atom stereocenters. The summed E-state index contributed by atoms with van der Waals surface area (Å²) in [6.45, 7) is 12.6. The van der Waals surface area contributed by atoms with E-state index in [-0.39, 0.29) is 0 Å². The SMILES string of the molecule is C=C(C)c1cc([C@@H](C)N(C)[S@@+]([O-])C(C)(C)C)cc(C(F)(F)F)c1. The Balaban J connectivity index is 3.30. The van der Waals surface area contributed by atoms with E-state index in [0.717, 1.165) is 12.1 Å². The van der Waals surface area contributed by atoms with Crippen LogP contribution in [0.4, 0.5) is 13.2 Å². The van der Waals surface area contributed by atoms with Gasteiger partial charge in [0.05, 0.1) is 11.6 Å². The predicted molar refractivity (Wildman–Crippen MR) is 90.2 cm³/mol. The highest BCUT2D eigenvalue weighted by atomic mass is 32.2. The second-order valence-corrected chi connectivity index (χ2v) is 9.00. The molecule has 0 fully saturated rings. The van der Waals surface area contributed by atoms with E-state index in [1.54, 1.807) is 31.3 Å². The zero-order chi connectivity index (χ0) is 18.2. The second-order valence-electron chi connectivity index (χ2n) is 6.71. The molecular formula is C17H24F3NOS. The van der Waals surface area contributed by atoms with Crippen molar-refractivity contribution in [1.82, 2.24) is 4.31 Å². The van der Waals surface area contributed by atoms with Crippen LogP contribution in [-0.4, -0.2) is 20.7 Å². The van der Waals surface area contributed by atoms with Crippen LogP contribution in [0.15, 0.2) is 24.8 Å². The minimum Gasteiger partial charge on any atom is -0.597 e. The van der Waals surface area contributed by atoms with Gasteiger partial charge in [-0.05, 0) is 63.9 Å². The first-order valence-electron chi connectivity index (χ1n) is 7.28. The molecule has 130 valence electrons. The quantitative estimate of drug-likeness (QED) is 0.700. The molecule has 6 heteroatoms. The summed E-state index contributed by atoms with van der Waals surface area (Å²) in [6.07, 6.45) is -4.43. The van der Waals surface area contributed by atoms with Gasteiger partial charge in [0.2, 0.25) is 0 Å². The molecule has 0 spiro atoms. The number of rotatable bonds is 4. The Morgan fingerprint density at radius 3 is 2.13 bits per heavy atom. The number of benzene rings is 1. The summed E-state index contributed by atoms with van der Waals surface area (Å²) in [7, 11) is 1.66. The predicted octanol–water partition coefficient (Wildman–Crippen LogP) is 5.19. The summed E-state index contributed by atoms with van der Waals surface area (Å²) in [5, 5.41) is 0. The van der Waals surface area contributed by atoms with Gasteiger partial charge < -0.3 is 4.55 Å². The van der Waals surface area contributed by atoms with E-state index in [2.05, 4.69) is 6.58 Å². The van der Waals surface area contributed by atoms with Crippen molar-refractivity contribution < 1.29 is 17.7 Å². The van der Waals surface area contributed by atoms with Crippen molar-refractivity contribution in [3.8, 4) is 0 Å². The number of hydrogen-bond donors (Lipinski definition) is 0. The largest absolute Gasteiger partial charge is 0.597 e. The number of allylic oxidation sites excluding steroid dienone is 1. The lowest BCUT2D eigenvalue weighted by atomic mass is 9.98. The topological polar surface area (TPSA) is 26.3 Å². The summed E-state index contributed by atoms with van der Waals surface area (Å²) in [5.41, 5.74) is 0.758. The van der Waals surface area contributed by atoms with E-state index >= 15 is 0 Å². The molecule has 23 heavy (non-hydrogen) atoms. The van der Waals surface area contributed by atoms with Crippen molar-refractivity contribution in [2.24, 2.45) is 0 Å². The highest BCUT2D eigenvalue weighted by Crippen LogP contribution is 2.35. The van der Waals surface area contributed by atoms with Gasteiger partial charge in [-0.15, -0.1) is 4.31 Å². The summed E-state index contributed by atoms with van der Waals surface area (Å²) in [6, 6.07) is 3.47. The molecule has 0 bridgehead atoms. The molecule has 1 rings (SSSR count). The maximum absolute atomic E-state index is 13.1. The van der Waals surface area contributed by atoms with Crippen LogP contribution in [0, 0.1) is 0 Å². The third kappa shape index (κ3) is 4.99. The zero-order valence-electron chi connectivity index (χ0n) is 14.4. The van der Waals surface area contributed by atoms with Crippen LogP contribution in [0.1, 0.15) is 57.4 Å². The third-order valence-electron chi connectivity index (χ3n) is 3.59. The highest BCUT2D eigenvalue weighted by molar-refractivity contribution is 7.90. The van der Waals surface area contributed by atoms with Crippen LogP contribution in [0.3, 0.4) is 0 Å². The summed E-state index contributed by atoms with van der Waals surface area (Å²) < 4.78 is 52.9. The minimum absolute atomic E-state index is 0.421. The first kappa shape index (κ1) is 20.1. The number of halogens is 3. The smallest absolute Gasteiger partial charge is 0.416 e. The van der Waals surface area contributed by atoms with E-state index in [4.69, 9.17) is 0 Å². The molecule has 0 heterocycles. The van der Waals surface area contributed by atoms with Gasteiger partial charge in [0.25, 0.3) is 0 Å². The van der Waals surface area contributed by atoms with Crippen LogP contribution in [-0.2, 0) is 17.5 Å². The van der Waals surface area contributed by atoms with Crippen LogP contribution in [0.2, 0.25) is 0 Å². The number of alkyl halides is 3. The molecule has 0 aliphatic heterocycles. The summed E-state index contributed by atoms with van der Waals surface area (Å²) in [5.74, 6) is 0. The lowest BCUT2D eigenvalue weighted by Gasteiger charge is -2.34. The van der Waals surface area contributed by atoms with Gasteiger partial charge in [0, 0.05) is 18.4 Å². The average Bonchev–Trinajstić information content (AvgIpc) is 2.42. The fourth-order valence-corrected chi connectivity index (χ4v) is 3.36. The zero-order valence-corrected chi connectivity index (χ0v) is 15.2. The first-order valence-corrected chi connectivity index (χ1v) is 8.38. The molecule has 1 aromatic rings. The molecule has 2 nitrogen and oxygen atoms in total. The highest BCUT2D eigenvalue weighted by Gasteiger charge is 2.36. The Kier molecular flexibility index (Phi) is 5.99. The molecule has 0 aromatic heterocycles. The van der Waals surface area contributed by atoms with E-state index in [9.17, 15) is 17.7 Å². The number of hydrogen-bond acceptors (Lipinski definition) is 2.